The minimum atomic E-state index is -2.39. The van der Waals surface area contributed by atoms with E-state index in [-0.39, 0.29) is 42.5 Å². The van der Waals surface area contributed by atoms with Gasteiger partial charge in [-0.25, -0.2) is 13.2 Å². The average Bonchev–Trinajstić information content (AvgIpc) is 3.76. The number of esters is 1. The Kier molecular flexibility index (Phi) is 15.2. The van der Waals surface area contributed by atoms with E-state index in [0.717, 1.165) is 13.0 Å². The first kappa shape index (κ1) is 44.0. The number of nitrogens with zero attached hydrogens (tertiary/aromatic N) is 3. The zero-order valence-electron chi connectivity index (χ0n) is 32.4. The van der Waals surface area contributed by atoms with Gasteiger partial charge in [0.2, 0.25) is 52.6 Å². The van der Waals surface area contributed by atoms with E-state index in [1.807, 2.05) is 46.6 Å². The topological polar surface area (TPSA) is 118 Å². The molecule has 8 atom stereocenters. The quantitative estimate of drug-likeness (QED) is 0.0838. The summed E-state index contributed by atoms with van der Waals surface area (Å²) in [7, 11) is 6.23. The van der Waals surface area contributed by atoms with Crippen molar-refractivity contribution in [2.45, 2.75) is 116 Å². The summed E-state index contributed by atoms with van der Waals surface area (Å²) >= 11 is 0. The van der Waals surface area contributed by atoms with Gasteiger partial charge in [0.15, 0.2) is 0 Å². The number of carbonyl (C=O) groups excluding carboxylic acids is 4. The third kappa shape index (κ3) is 9.13. The summed E-state index contributed by atoms with van der Waals surface area (Å²) in [4.78, 5) is 59.8. The molecule has 2 aliphatic heterocycles. The molecule has 0 aliphatic carbocycles. The maximum absolute atomic E-state index is 14.3. The monoisotopic (exact) mass is 762 g/mol. The van der Waals surface area contributed by atoms with E-state index >= 15 is 0 Å². The molecular formula is C37H55F5N4O7. The Morgan fingerprint density at radius 1 is 0.925 bits per heavy atom. The zero-order valence-corrected chi connectivity index (χ0v) is 32.4. The molecule has 0 unspecified atom stereocenters. The van der Waals surface area contributed by atoms with E-state index in [1.165, 1.54) is 26.0 Å². The highest BCUT2D eigenvalue weighted by molar-refractivity contribution is 5.92. The summed E-state index contributed by atoms with van der Waals surface area (Å²) in [6.07, 6.45) is 1.03. The van der Waals surface area contributed by atoms with Crippen LogP contribution in [0.3, 0.4) is 0 Å². The molecule has 3 rings (SSSR count). The number of nitrogens with one attached hydrogen (secondary N) is 1. The number of likely N-dealkylation sites (tertiary alicyclic amines) is 2. The van der Waals surface area contributed by atoms with Crippen molar-refractivity contribution in [2.75, 3.05) is 41.4 Å². The molecule has 0 aromatic heterocycles. The highest BCUT2D eigenvalue weighted by Gasteiger charge is 2.46. The molecule has 11 nitrogen and oxygen atoms in total. The van der Waals surface area contributed by atoms with Crippen molar-refractivity contribution in [1.29, 1.82) is 0 Å². The molecule has 300 valence electrons. The van der Waals surface area contributed by atoms with Crippen LogP contribution < -0.4 is 10.1 Å². The Morgan fingerprint density at radius 3 is 2.00 bits per heavy atom. The number of hydrogen-bond acceptors (Lipinski definition) is 8. The minimum absolute atomic E-state index is 0.137. The van der Waals surface area contributed by atoms with Crippen LogP contribution in [0.1, 0.15) is 80.1 Å². The summed E-state index contributed by atoms with van der Waals surface area (Å²) in [5.74, 6) is -17.2. The number of halogens is 5. The fourth-order valence-electron chi connectivity index (χ4n) is 7.57. The van der Waals surface area contributed by atoms with Crippen molar-refractivity contribution in [3.63, 3.8) is 0 Å². The van der Waals surface area contributed by atoms with Gasteiger partial charge in [-0.2, -0.15) is 8.78 Å². The number of hydrogen-bond donors (Lipinski definition) is 1. The minimum Gasteiger partial charge on any atom is -0.420 e. The SMILES string of the molecule is CC[C@H](C)[C@@H]([C@@H](CC(=O)N1CCC[C@H]1[C@H](OC)[C@@H](C)C(=O)Oc1c(F)c(F)c(F)c(F)c1F)OC)N(C)C(=O)[C@@H](NC(=O)[C@@]1(C)CCCN1C)C(C)C. The van der Waals surface area contributed by atoms with E-state index in [4.69, 9.17) is 9.47 Å². The van der Waals surface area contributed by atoms with Crippen molar-refractivity contribution < 1.29 is 55.3 Å². The van der Waals surface area contributed by atoms with E-state index in [1.54, 1.807) is 11.9 Å². The second-order valence-corrected chi connectivity index (χ2v) is 14.9. The zero-order chi connectivity index (χ0) is 40.1. The highest BCUT2D eigenvalue weighted by atomic mass is 19.2. The molecule has 2 heterocycles. The molecular weight excluding hydrogens is 707 g/mol. The Hall–Kier alpha value is -3.37. The highest BCUT2D eigenvalue weighted by Crippen LogP contribution is 2.33. The number of benzene rings is 1. The van der Waals surface area contributed by atoms with Gasteiger partial charge in [0.1, 0.15) is 6.04 Å². The molecule has 3 amide bonds. The molecule has 0 bridgehead atoms. The number of methoxy groups -OCH3 is 2. The first-order valence-corrected chi connectivity index (χ1v) is 18.2. The van der Waals surface area contributed by atoms with Crippen molar-refractivity contribution in [2.24, 2.45) is 17.8 Å². The number of ether oxygens (including phenoxy) is 3. The molecule has 1 N–H and O–H groups in total. The summed E-state index contributed by atoms with van der Waals surface area (Å²) in [6, 6.07) is -2.14. The number of amides is 3. The van der Waals surface area contributed by atoms with Crippen molar-refractivity contribution in [3.8, 4) is 5.75 Å². The average molecular weight is 763 g/mol. The molecule has 1 aromatic carbocycles. The van der Waals surface area contributed by atoms with Crippen LogP contribution in [-0.4, -0.2) is 116 Å². The van der Waals surface area contributed by atoms with Gasteiger partial charge >= 0.3 is 5.97 Å². The van der Waals surface area contributed by atoms with Gasteiger partial charge < -0.3 is 29.3 Å². The van der Waals surface area contributed by atoms with Crippen LogP contribution in [-0.2, 0) is 28.7 Å². The van der Waals surface area contributed by atoms with Crippen LogP contribution in [0, 0.1) is 46.8 Å². The van der Waals surface area contributed by atoms with E-state index in [0.29, 0.717) is 25.7 Å². The third-order valence-corrected chi connectivity index (χ3v) is 11.3. The molecule has 0 saturated carbocycles. The second-order valence-electron chi connectivity index (χ2n) is 14.9. The van der Waals surface area contributed by atoms with Crippen molar-refractivity contribution in [3.05, 3.63) is 29.1 Å². The van der Waals surface area contributed by atoms with Crippen LogP contribution in [0.5, 0.6) is 5.75 Å². The molecule has 53 heavy (non-hydrogen) atoms. The fraction of sp³-hybridized carbons (Fsp3) is 0.730. The van der Waals surface area contributed by atoms with Crippen molar-refractivity contribution >= 4 is 23.7 Å². The maximum Gasteiger partial charge on any atom is 0.316 e. The Bertz CT molecular complexity index is 1470. The maximum atomic E-state index is 14.3. The van der Waals surface area contributed by atoms with Gasteiger partial charge in [-0.15, -0.1) is 0 Å². The lowest BCUT2D eigenvalue weighted by atomic mass is 9.89. The molecule has 0 spiro atoms. The Labute approximate surface area is 308 Å². The number of carbonyl (C=O) groups is 4. The smallest absolute Gasteiger partial charge is 0.316 e. The van der Waals surface area contributed by atoms with Gasteiger partial charge in [0.25, 0.3) is 0 Å². The van der Waals surface area contributed by atoms with Crippen LogP contribution >= 0.6 is 0 Å². The largest absolute Gasteiger partial charge is 0.420 e. The molecule has 2 aliphatic rings. The summed E-state index contributed by atoms with van der Waals surface area (Å²) in [6.45, 7) is 11.8. The van der Waals surface area contributed by atoms with Gasteiger partial charge in [-0.05, 0) is 65.0 Å². The predicted molar refractivity (Wildman–Crippen MR) is 185 cm³/mol. The lowest BCUT2D eigenvalue weighted by molar-refractivity contribution is -0.151. The first-order chi connectivity index (χ1) is 24.8. The number of rotatable bonds is 16. The summed E-state index contributed by atoms with van der Waals surface area (Å²) in [5, 5.41) is 3.00. The van der Waals surface area contributed by atoms with E-state index in [9.17, 15) is 41.1 Å². The van der Waals surface area contributed by atoms with Gasteiger partial charge in [0, 0.05) is 27.8 Å². The standard InChI is InChI=1S/C37H55F5N4O7/c1-11-20(4)31(45(8)34(48)30(19(2)3)43-36(50)37(6)15-13-16-44(37)7)23(51-9)18-24(47)46-17-12-14-22(46)32(52-10)21(5)35(49)53-33-28(41)26(39)25(38)27(40)29(33)42/h19-23,30-32H,11-18H2,1-10H3,(H,43,50)/t20-,21+,22-,23+,30-,31-,32+,37+/m0/s1. The predicted octanol–water partition coefficient (Wildman–Crippen LogP) is 4.83. The molecule has 2 fully saturated rings. The Morgan fingerprint density at radius 2 is 1.51 bits per heavy atom. The van der Waals surface area contributed by atoms with Crippen LogP contribution in [0.15, 0.2) is 0 Å². The third-order valence-electron chi connectivity index (χ3n) is 11.3. The van der Waals surface area contributed by atoms with Crippen molar-refractivity contribution in [1.82, 2.24) is 20.0 Å². The van der Waals surface area contributed by atoms with Crippen LogP contribution in [0.2, 0.25) is 0 Å². The van der Waals surface area contributed by atoms with Crippen LogP contribution in [0.4, 0.5) is 22.0 Å². The second kappa shape index (κ2) is 18.3. The van der Waals surface area contributed by atoms with Gasteiger partial charge in [-0.3, -0.25) is 24.1 Å². The van der Waals surface area contributed by atoms with Gasteiger partial charge in [0.05, 0.1) is 42.2 Å². The Balaban J connectivity index is 1.81. The molecule has 0 radical (unpaired) electrons. The molecule has 16 heteroatoms. The van der Waals surface area contributed by atoms with E-state index < -0.39 is 82.6 Å². The lowest BCUT2D eigenvalue weighted by Crippen LogP contribution is -2.61. The fourth-order valence-corrected chi connectivity index (χ4v) is 7.57. The molecule has 1 aromatic rings. The molecule has 2 saturated heterocycles. The van der Waals surface area contributed by atoms with E-state index in [2.05, 4.69) is 10.1 Å². The number of likely N-dealkylation sites (N-methyl/N-ethyl adjacent to an activating group) is 2. The first-order valence-electron chi connectivity index (χ1n) is 18.2. The summed E-state index contributed by atoms with van der Waals surface area (Å²) < 4.78 is 85.8. The summed E-state index contributed by atoms with van der Waals surface area (Å²) in [5.41, 5.74) is -0.743. The lowest BCUT2D eigenvalue weighted by Gasteiger charge is -2.41. The van der Waals surface area contributed by atoms with Crippen LogP contribution in [0.25, 0.3) is 0 Å². The van der Waals surface area contributed by atoms with Gasteiger partial charge in [-0.1, -0.05) is 34.1 Å². The normalized spacial score (nSPS) is 22.6.